The molecule has 0 spiro atoms. The van der Waals surface area contributed by atoms with Crippen molar-refractivity contribution >= 4 is 16.7 Å². The third-order valence-electron chi connectivity index (χ3n) is 5.33. The molecule has 2 rings (SSSR count). The lowest BCUT2D eigenvalue weighted by atomic mass is 9.98. The van der Waals surface area contributed by atoms with Gasteiger partial charge >= 0.3 is 0 Å². The molecule has 2 N–H and O–H groups in total. The number of hydrogen-bond donors (Lipinski definition) is 1. The summed E-state index contributed by atoms with van der Waals surface area (Å²) in [6.07, 6.45) is 14.6. The molecule has 0 aliphatic carbocycles. The Labute approximate surface area is 164 Å². The summed E-state index contributed by atoms with van der Waals surface area (Å²) in [7, 11) is 1.56. The number of carbonyl (C=O) groups excluding carboxylic acids is 1. The maximum atomic E-state index is 11.8. The van der Waals surface area contributed by atoms with E-state index < -0.39 is 5.91 Å². The van der Waals surface area contributed by atoms with Crippen molar-refractivity contribution in [3.63, 3.8) is 0 Å². The molecule has 0 unspecified atom stereocenters. The number of amides is 1. The van der Waals surface area contributed by atoms with Gasteiger partial charge in [-0.3, -0.25) is 4.79 Å². The highest BCUT2D eigenvalue weighted by atomic mass is 16.5. The van der Waals surface area contributed by atoms with Crippen molar-refractivity contribution in [2.75, 3.05) is 7.11 Å². The summed E-state index contributed by atoms with van der Waals surface area (Å²) in [5, 5.41) is 1.92. The minimum atomic E-state index is -0.445. The van der Waals surface area contributed by atoms with Crippen LogP contribution in [0.15, 0.2) is 30.3 Å². The maximum Gasteiger partial charge on any atom is 0.253 e. The Kier molecular flexibility index (Phi) is 9.17. The molecular weight excluding hydrogens is 334 g/mol. The fourth-order valence-corrected chi connectivity index (χ4v) is 3.76. The number of fused-ring (bicyclic) bond motifs is 1. The number of rotatable bonds is 13. The van der Waals surface area contributed by atoms with E-state index in [1.54, 1.807) is 7.11 Å². The van der Waals surface area contributed by atoms with Crippen molar-refractivity contribution in [1.82, 2.24) is 0 Å². The molecule has 0 aliphatic heterocycles. The Morgan fingerprint density at radius 1 is 0.889 bits per heavy atom. The summed E-state index contributed by atoms with van der Waals surface area (Å²) in [5.41, 5.74) is 7.34. The number of aryl methyl sites for hydroxylation is 1. The van der Waals surface area contributed by atoms with Gasteiger partial charge in [-0.05, 0) is 35.2 Å². The first-order valence-corrected chi connectivity index (χ1v) is 10.6. The predicted octanol–water partition coefficient (Wildman–Crippen LogP) is 6.41. The van der Waals surface area contributed by atoms with Crippen LogP contribution in [0.2, 0.25) is 0 Å². The molecule has 0 radical (unpaired) electrons. The SMILES string of the molecule is CCCCCCCCCCCCc1ccc2c(C(N)=O)c(OC)ccc2c1. The summed E-state index contributed by atoms with van der Waals surface area (Å²) >= 11 is 0. The molecule has 2 aromatic rings. The number of benzene rings is 2. The monoisotopic (exact) mass is 369 g/mol. The standard InChI is InChI=1S/C24H35NO2/c1-3-4-5-6-7-8-9-10-11-12-13-19-14-16-21-20(18-19)15-17-22(27-2)23(21)24(25)26/h14-18H,3-13H2,1-2H3,(H2,25,26). The van der Waals surface area contributed by atoms with Gasteiger partial charge in [0.1, 0.15) is 5.75 Å². The van der Waals surface area contributed by atoms with Crippen LogP contribution in [-0.4, -0.2) is 13.0 Å². The Balaban J connectivity index is 1.78. The average Bonchev–Trinajstić information content (AvgIpc) is 2.68. The minimum Gasteiger partial charge on any atom is -0.496 e. The summed E-state index contributed by atoms with van der Waals surface area (Å²) < 4.78 is 5.28. The minimum absolute atomic E-state index is 0.445. The quantitative estimate of drug-likeness (QED) is 0.415. The first kappa shape index (κ1) is 21.3. The van der Waals surface area contributed by atoms with Crippen molar-refractivity contribution < 1.29 is 9.53 Å². The average molecular weight is 370 g/mol. The summed E-state index contributed by atoms with van der Waals surface area (Å²) in [6, 6.07) is 10.1. The first-order chi connectivity index (χ1) is 13.2. The molecule has 0 saturated heterocycles. The highest BCUT2D eigenvalue weighted by molar-refractivity contribution is 6.08. The van der Waals surface area contributed by atoms with Crippen LogP contribution < -0.4 is 10.5 Å². The molecule has 0 fully saturated rings. The van der Waals surface area contributed by atoms with E-state index in [4.69, 9.17) is 10.5 Å². The van der Waals surface area contributed by atoms with E-state index in [9.17, 15) is 4.79 Å². The molecule has 2 aromatic carbocycles. The molecule has 1 amide bonds. The van der Waals surface area contributed by atoms with Crippen molar-refractivity contribution in [2.45, 2.75) is 77.6 Å². The normalized spacial score (nSPS) is 11.0. The smallest absolute Gasteiger partial charge is 0.253 e. The van der Waals surface area contributed by atoms with Crippen LogP contribution in [-0.2, 0) is 6.42 Å². The van der Waals surface area contributed by atoms with Crippen LogP contribution in [0, 0.1) is 0 Å². The van der Waals surface area contributed by atoms with E-state index in [2.05, 4.69) is 19.1 Å². The van der Waals surface area contributed by atoms with Crippen molar-refractivity contribution in [1.29, 1.82) is 0 Å². The Morgan fingerprint density at radius 3 is 2.11 bits per heavy atom. The highest BCUT2D eigenvalue weighted by Gasteiger charge is 2.13. The van der Waals surface area contributed by atoms with Gasteiger partial charge in [0.15, 0.2) is 0 Å². The molecule has 0 aromatic heterocycles. The van der Waals surface area contributed by atoms with Crippen molar-refractivity contribution in [2.24, 2.45) is 5.73 Å². The number of methoxy groups -OCH3 is 1. The van der Waals surface area contributed by atoms with E-state index in [1.165, 1.54) is 69.8 Å². The van der Waals surface area contributed by atoms with Crippen molar-refractivity contribution in [3.05, 3.63) is 41.5 Å². The van der Waals surface area contributed by atoms with Crippen LogP contribution in [0.1, 0.15) is 87.1 Å². The van der Waals surface area contributed by atoms with Crippen LogP contribution in [0.5, 0.6) is 5.75 Å². The molecule has 148 valence electrons. The lowest BCUT2D eigenvalue weighted by Crippen LogP contribution is -2.13. The van der Waals surface area contributed by atoms with Crippen LogP contribution in [0.25, 0.3) is 10.8 Å². The molecular formula is C24H35NO2. The molecule has 0 aliphatic rings. The van der Waals surface area contributed by atoms with Crippen LogP contribution >= 0.6 is 0 Å². The first-order valence-electron chi connectivity index (χ1n) is 10.6. The molecule has 27 heavy (non-hydrogen) atoms. The largest absolute Gasteiger partial charge is 0.496 e. The number of carbonyl (C=O) groups is 1. The fraction of sp³-hybridized carbons (Fsp3) is 0.542. The Morgan fingerprint density at radius 2 is 1.52 bits per heavy atom. The fourth-order valence-electron chi connectivity index (χ4n) is 3.76. The zero-order valence-electron chi connectivity index (χ0n) is 17.1. The van der Waals surface area contributed by atoms with E-state index in [1.807, 2.05) is 18.2 Å². The van der Waals surface area contributed by atoms with E-state index >= 15 is 0 Å². The van der Waals surface area contributed by atoms with Gasteiger partial charge in [0, 0.05) is 0 Å². The molecule has 0 heterocycles. The third kappa shape index (κ3) is 6.57. The highest BCUT2D eigenvalue weighted by Crippen LogP contribution is 2.28. The molecule has 3 nitrogen and oxygen atoms in total. The second-order valence-corrected chi connectivity index (χ2v) is 7.49. The summed E-state index contributed by atoms with van der Waals surface area (Å²) in [5.74, 6) is 0.0948. The number of ether oxygens (including phenoxy) is 1. The zero-order valence-corrected chi connectivity index (χ0v) is 17.1. The van der Waals surface area contributed by atoms with E-state index in [0.717, 1.165) is 17.2 Å². The lowest BCUT2D eigenvalue weighted by Gasteiger charge is -2.10. The second kappa shape index (κ2) is 11.6. The van der Waals surface area contributed by atoms with Gasteiger partial charge in [-0.15, -0.1) is 0 Å². The van der Waals surface area contributed by atoms with Gasteiger partial charge in [0.2, 0.25) is 0 Å². The maximum absolute atomic E-state index is 11.8. The third-order valence-corrected chi connectivity index (χ3v) is 5.33. The van der Waals surface area contributed by atoms with E-state index in [0.29, 0.717) is 11.3 Å². The molecule has 0 atom stereocenters. The van der Waals surface area contributed by atoms with Crippen molar-refractivity contribution in [3.8, 4) is 5.75 Å². The van der Waals surface area contributed by atoms with E-state index in [-0.39, 0.29) is 0 Å². The Hall–Kier alpha value is -2.03. The number of nitrogens with two attached hydrogens (primary N) is 1. The molecule has 0 saturated carbocycles. The van der Waals surface area contributed by atoms with Gasteiger partial charge in [-0.1, -0.05) is 89.0 Å². The predicted molar refractivity (Wildman–Crippen MR) is 115 cm³/mol. The van der Waals surface area contributed by atoms with Crippen LogP contribution in [0.4, 0.5) is 0 Å². The molecule has 0 bridgehead atoms. The zero-order chi connectivity index (χ0) is 19.5. The topological polar surface area (TPSA) is 52.3 Å². The number of hydrogen-bond acceptors (Lipinski definition) is 2. The number of unbranched alkanes of at least 4 members (excludes halogenated alkanes) is 9. The summed E-state index contributed by atoms with van der Waals surface area (Å²) in [4.78, 5) is 11.8. The van der Waals surface area contributed by atoms with Gasteiger partial charge in [0.25, 0.3) is 5.91 Å². The van der Waals surface area contributed by atoms with Gasteiger partial charge in [-0.2, -0.15) is 0 Å². The van der Waals surface area contributed by atoms with Gasteiger partial charge in [0.05, 0.1) is 12.7 Å². The number of primary amides is 1. The Bertz CT molecular complexity index is 724. The van der Waals surface area contributed by atoms with Crippen LogP contribution in [0.3, 0.4) is 0 Å². The second-order valence-electron chi connectivity index (χ2n) is 7.49. The molecule has 3 heteroatoms. The van der Waals surface area contributed by atoms with Gasteiger partial charge < -0.3 is 10.5 Å². The van der Waals surface area contributed by atoms with Gasteiger partial charge in [-0.25, -0.2) is 0 Å². The lowest BCUT2D eigenvalue weighted by molar-refractivity contribution is 0.0999. The summed E-state index contributed by atoms with van der Waals surface area (Å²) in [6.45, 7) is 2.27.